The Morgan fingerprint density at radius 1 is 1.39 bits per heavy atom. The molecule has 0 heterocycles. The second kappa shape index (κ2) is 5.32. The van der Waals surface area contributed by atoms with E-state index in [0.29, 0.717) is 11.3 Å². The molecule has 0 bridgehead atoms. The summed E-state index contributed by atoms with van der Waals surface area (Å²) in [5, 5.41) is 24.8. The first-order valence-electron chi connectivity index (χ1n) is 4.79. The molecule has 0 saturated carbocycles. The van der Waals surface area contributed by atoms with Gasteiger partial charge in [0.25, 0.3) is 0 Å². The van der Waals surface area contributed by atoms with Gasteiger partial charge in [0.05, 0.1) is 4.90 Å². The minimum atomic E-state index is -3.80. The van der Waals surface area contributed by atoms with Gasteiger partial charge in [-0.25, -0.2) is 13.6 Å². The van der Waals surface area contributed by atoms with E-state index >= 15 is 0 Å². The van der Waals surface area contributed by atoms with Gasteiger partial charge in [0, 0.05) is 11.9 Å². The van der Waals surface area contributed by atoms with Crippen molar-refractivity contribution in [3.8, 4) is 12.1 Å². The minimum Gasteiger partial charge on any atom is -0.360 e. The number of nitrogens with two attached hydrogens (primary N) is 1. The summed E-state index contributed by atoms with van der Waals surface area (Å²) in [6.45, 7) is 1.62. The first kappa shape index (κ1) is 13.7. The summed E-state index contributed by atoms with van der Waals surface area (Å²) in [5.74, 6) is 0. The highest BCUT2D eigenvalue weighted by atomic mass is 32.2. The van der Waals surface area contributed by atoms with Crippen LogP contribution >= 0.6 is 0 Å². The molecule has 0 aliphatic heterocycles. The number of primary sulfonamides is 1. The molecule has 0 radical (unpaired) electrons. The number of nitriles is 2. The van der Waals surface area contributed by atoms with Gasteiger partial charge in [-0.05, 0) is 24.6 Å². The van der Waals surface area contributed by atoms with Gasteiger partial charge in [0.2, 0.25) is 10.0 Å². The van der Waals surface area contributed by atoms with Crippen LogP contribution in [0.3, 0.4) is 0 Å². The van der Waals surface area contributed by atoms with Crippen molar-refractivity contribution >= 4 is 15.7 Å². The molecule has 0 amide bonds. The summed E-state index contributed by atoms with van der Waals surface area (Å²) >= 11 is 0. The first-order valence-corrected chi connectivity index (χ1v) is 6.33. The second-order valence-corrected chi connectivity index (χ2v) is 4.98. The number of hydrogen-bond acceptors (Lipinski definition) is 5. The molecule has 1 rings (SSSR count). The lowest BCUT2D eigenvalue weighted by atomic mass is 10.2. The second-order valence-electron chi connectivity index (χ2n) is 3.45. The lowest BCUT2D eigenvalue weighted by Gasteiger charge is -2.06. The summed E-state index contributed by atoms with van der Waals surface area (Å²) in [4.78, 5) is -0.00337. The lowest BCUT2D eigenvalue weighted by Crippen LogP contribution is -2.13. The predicted molar refractivity (Wildman–Crippen MR) is 65.5 cm³/mol. The number of nitrogens with zero attached hydrogens (tertiary/aromatic N) is 2. The number of sulfonamides is 1. The zero-order chi connectivity index (χ0) is 13.8. The van der Waals surface area contributed by atoms with Gasteiger partial charge < -0.3 is 5.32 Å². The molecule has 3 N–H and O–H groups in total. The maximum atomic E-state index is 11.3. The Balaban J connectivity index is 3.13. The van der Waals surface area contributed by atoms with E-state index in [1.165, 1.54) is 12.3 Å². The molecule has 1 aromatic rings. The zero-order valence-electron chi connectivity index (χ0n) is 9.51. The van der Waals surface area contributed by atoms with Gasteiger partial charge in [0.15, 0.2) is 0 Å². The van der Waals surface area contributed by atoms with Gasteiger partial charge in [-0.3, -0.25) is 0 Å². The van der Waals surface area contributed by atoms with Gasteiger partial charge in [-0.2, -0.15) is 10.5 Å². The summed E-state index contributed by atoms with van der Waals surface area (Å²) in [6.07, 6.45) is 1.19. The maximum Gasteiger partial charge on any atom is 0.238 e. The van der Waals surface area contributed by atoms with Crippen molar-refractivity contribution in [2.24, 2.45) is 5.14 Å². The van der Waals surface area contributed by atoms with E-state index in [2.05, 4.69) is 5.32 Å². The minimum absolute atomic E-state index is 0.00337. The summed E-state index contributed by atoms with van der Waals surface area (Å²) in [5.41, 5.74) is 0.827. The Labute approximate surface area is 105 Å². The Kier molecular flexibility index (Phi) is 4.05. The number of benzene rings is 1. The van der Waals surface area contributed by atoms with Crippen LogP contribution in [0.4, 0.5) is 5.69 Å². The number of hydrogen-bond donors (Lipinski definition) is 2. The number of aryl methyl sites for hydroxylation is 1. The summed E-state index contributed by atoms with van der Waals surface area (Å²) < 4.78 is 22.6. The first-order chi connectivity index (χ1) is 8.38. The molecule has 0 unspecified atom stereocenters. The smallest absolute Gasteiger partial charge is 0.238 e. The van der Waals surface area contributed by atoms with Crippen LogP contribution in [0.2, 0.25) is 0 Å². The van der Waals surface area contributed by atoms with Crippen LogP contribution in [-0.4, -0.2) is 8.42 Å². The highest BCUT2D eigenvalue weighted by Gasteiger charge is 2.11. The number of allylic oxidation sites excluding steroid dienone is 1. The number of nitrogens with one attached hydrogen (secondary N) is 1. The van der Waals surface area contributed by atoms with Crippen molar-refractivity contribution in [3.63, 3.8) is 0 Å². The predicted octanol–water partition coefficient (Wildman–Crippen LogP) is 0.985. The molecule has 1 aromatic carbocycles. The molecule has 0 atom stereocenters. The molecule has 6 nitrogen and oxygen atoms in total. The van der Waals surface area contributed by atoms with Crippen LogP contribution < -0.4 is 10.5 Å². The largest absolute Gasteiger partial charge is 0.360 e. The molecule has 0 aliphatic rings. The summed E-state index contributed by atoms with van der Waals surface area (Å²) in [7, 11) is -3.80. The fourth-order valence-electron chi connectivity index (χ4n) is 1.24. The topological polar surface area (TPSA) is 120 Å². The maximum absolute atomic E-state index is 11.3. The number of rotatable bonds is 3. The van der Waals surface area contributed by atoms with Gasteiger partial charge >= 0.3 is 0 Å². The van der Waals surface area contributed by atoms with E-state index in [-0.39, 0.29) is 10.5 Å². The van der Waals surface area contributed by atoms with Crippen LogP contribution in [0.5, 0.6) is 0 Å². The van der Waals surface area contributed by atoms with Crippen molar-refractivity contribution in [3.05, 3.63) is 35.5 Å². The van der Waals surface area contributed by atoms with Crippen molar-refractivity contribution in [2.75, 3.05) is 5.32 Å². The SMILES string of the molecule is Cc1ccc(NC=C(C#N)C#N)cc1S(N)(=O)=O. The van der Waals surface area contributed by atoms with Crippen molar-refractivity contribution in [1.29, 1.82) is 10.5 Å². The van der Waals surface area contributed by atoms with E-state index in [0.717, 1.165) is 0 Å². The van der Waals surface area contributed by atoms with E-state index in [4.69, 9.17) is 15.7 Å². The fourth-order valence-corrected chi connectivity index (χ4v) is 2.05. The third kappa shape index (κ3) is 3.32. The highest BCUT2D eigenvalue weighted by molar-refractivity contribution is 7.89. The lowest BCUT2D eigenvalue weighted by molar-refractivity contribution is 0.597. The molecule has 0 aliphatic carbocycles. The molecule has 92 valence electrons. The molecule has 0 spiro atoms. The molecular formula is C11H10N4O2S. The Hall–Kier alpha value is -2.35. The van der Waals surface area contributed by atoms with Crippen LogP contribution in [0.25, 0.3) is 0 Å². The van der Waals surface area contributed by atoms with Gasteiger partial charge in [-0.15, -0.1) is 0 Å². The monoisotopic (exact) mass is 262 g/mol. The van der Waals surface area contributed by atoms with Crippen LogP contribution in [0.1, 0.15) is 5.56 Å². The standard InChI is InChI=1S/C11H10N4O2S/c1-8-2-3-10(4-11(8)18(14,16)17)15-7-9(5-12)6-13/h2-4,7,15H,1H3,(H2,14,16,17). The Bertz CT molecular complexity index is 662. The van der Waals surface area contributed by atoms with Crippen LogP contribution in [0, 0.1) is 29.6 Å². The molecule has 18 heavy (non-hydrogen) atoms. The van der Waals surface area contributed by atoms with Crippen LogP contribution in [0.15, 0.2) is 34.9 Å². The Morgan fingerprint density at radius 2 is 2.00 bits per heavy atom. The van der Waals surface area contributed by atoms with Gasteiger partial charge in [0.1, 0.15) is 17.7 Å². The van der Waals surface area contributed by atoms with E-state index in [1.54, 1.807) is 31.2 Å². The quantitative estimate of drug-likeness (QED) is 0.787. The Morgan fingerprint density at radius 3 is 2.50 bits per heavy atom. The van der Waals surface area contributed by atoms with E-state index < -0.39 is 10.0 Å². The van der Waals surface area contributed by atoms with Crippen molar-refractivity contribution in [2.45, 2.75) is 11.8 Å². The average molecular weight is 262 g/mol. The number of anilines is 1. The third-order valence-electron chi connectivity index (χ3n) is 2.12. The molecule has 0 saturated heterocycles. The third-order valence-corrected chi connectivity index (χ3v) is 3.17. The van der Waals surface area contributed by atoms with E-state index in [9.17, 15) is 8.42 Å². The van der Waals surface area contributed by atoms with Crippen molar-refractivity contribution in [1.82, 2.24) is 0 Å². The molecular weight excluding hydrogens is 252 g/mol. The van der Waals surface area contributed by atoms with Gasteiger partial charge in [-0.1, -0.05) is 6.07 Å². The average Bonchev–Trinajstić information content (AvgIpc) is 2.31. The molecule has 7 heteroatoms. The van der Waals surface area contributed by atoms with E-state index in [1.807, 2.05) is 0 Å². The molecule has 0 aromatic heterocycles. The fraction of sp³-hybridized carbons (Fsp3) is 0.0909. The van der Waals surface area contributed by atoms with Crippen LogP contribution in [-0.2, 0) is 10.0 Å². The summed E-state index contributed by atoms with van der Waals surface area (Å²) in [6, 6.07) is 7.88. The highest BCUT2D eigenvalue weighted by Crippen LogP contribution is 2.19. The normalized spacial score (nSPS) is 10.0. The van der Waals surface area contributed by atoms with Crippen molar-refractivity contribution < 1.29 is 8.42 Å². The zero-order valence-corrected chi connectivity index (χ0v) is 10.3. The molecule has 0 fully saturated rings.